The van der Waals surface area contributed by atoms with Crippen LogP contribution in [0.15, 0.2) is 24.3 Å². The van der Waals surface area contributed by atoms with Crippen LogP contribution < -0.4 is 5.32 Å². The van der Waals surface area contributed by atoms with Crippen LogP contribution in [0.1, 0.15) is 36.8 Å². The second-order valence-electron chi connectivity index (χ2n) is 5.59. The predicted molar refractivity (Wildman–Crippen MR) is 78.1 cm³/mol. The topological polar surface area (TPSA) is 75.6 Å². The highest BCUT2D eigenvalue weighted by atomic mass is 16.5. The SMILES string of the molecule is Cc1ccc(C(C)CNC(=O)[C@@H]2CC[C@H](C(=O)O)O2)cc1. The van der Waals surface area contributed by atoms with E-state index in [1.165, 1.54) is 5.56 Å². The first kappa shape index (κ1) is 15.5. The van der Waals surface area contributed by atoms with Gasteiger partial charge in [-0.15, -0.1) is 0 Å². The summed E-state index contributed by atoms with van der Waals surface area (Å²) in [5, 5.41) is 11.7. The van der Waals surface area contributed by atoms with E-state index in [9.17, 15) is 9.59 Å². The lowest BCUT2D eigenvalue weighted by Gasteiger charge is -2.16. The van der Waals surface area contributed by atoms with E-state index in [0.29, 0.717) is 19.4 Å². The number of carboxylic acids is 1. The number of nitrogens with one attached hydrogen (secondary N) is 1. The second-order valence-corrected chi connectivity index (χ2v) is 5.59. The number of carboxylic acid groups (broad SMARTS) is 1. The molecule has 0 spiro atoms. The Balaban J connectivity index is 1.81. The molecule has 5 nitrogen and oxygen atoms in total. The maximum atomic E-state index is 12.0. The molecule has 0 saturated carbocycles. The zero-order chi connectivity index (χ0) is 15.4. The lowest BCUT2D eigenvalue weighted by Crippen LogP contribution is -2.37. The van der Waals surface area contributed by atoms with E-state index in [2.05, 4.69) is 17.4 Å². The fourth-order valence-electron chi connectivity index (χ4n) is 2.39. The van der Waals surface area contributed by atoms with E-state index in [4.69, 9.17) is 9.84 Å². The molecule has 3 atom stereocenters. The minimum absolute atomic E-state index is 0.200. The van der Waals surface area contributed by atoms with Gasteiger partial charge in [-0.1, -0.05) is 36.8 Å². The monoisotopic (exact) mass is 291 g/mol. The number of carbonyl (C=O) groups is 2. The molecule has 0 radical (unpaired) electrons. The van der Waals surface area contributed by atoms with Crippen LogP contribution in [0.25, 0.3) is 0 Å². The molecular formula is C16H21NO4. The lowest BCUT2D eigenvalue weighted by atomic mass is 10.00. The number of rotatable bonds is 5. The number of ether oxygens (including phenoxy) is 1. The summed E-state index contributed by atoms with van der Waals surface area (Å²) in [4.78, 5) is 22.8. The number of benzene rings is 1. The van der Waals surface area contributed by atoms with Gasteiger partial charge in [0, 0.05) is 6.54 Å². The molecule has 1 aliphatic rings. The molecule has 1 aliphatic heterocycles. The average molecular weight is 291 g/mol. The summed E-state index contributed by atoms with van der Waals surface area (Å²) < 4.78 is 5.23. The van der Waals surface area contributed by atoms with Gasteiger partial charge in [-0.2, -0.15) is 0 Å². The Morgan fingerprint density at radius 2 is 1.90 bits per heavy atom. The number of hydrogen-bond donors (Lipinski definition) is 2. The molecule has 1 amide bonds. The highest BCUT2D eigenvalue weighted by molar-refractivity contribution is 5.82. The van der Waals surface area contributed by atoms with Gasteiger partial charge in [0.2, 0.25) is 5.91 Å². The Morgan fingerprint density at radius 3 is 2.48 bits per heavy atom. The van der Waals surface area contributed by atoms with E-state index in [0.717, 1.165) is 5.56 Å². The van der Waals surface area contributed by atoms with E-state index < -0.39 is 18.2 Å². The van der Waals surface area contributed by atoms with Gasteiger partial charge < -0.3 is 15.2 Å². The first-order valence-electron chi connectivity index (χ1n) is 7.20. The molecule has 2 rings (SSSR count). The lowest BCUT2D eigenvalue weighted by molar-refractivity contribution is -0.151. The number of aliphatic carboxylic acids is 1. The summed E-state index contributed by atoms with van der Waals surface area (Å²) >= 11 is 0. The third kappa shape index (κ3) is 4.04. The molecule has 5 heteroatoms. The van der Waals surface area contributed by atoms with Crippen LogP contribution in [-0.4, -0.2) is 35.7 Å². The molecule has 0 aliphatic carbocycles. The molecule has 0 aromatic heterocycles. The van der Waals surface area contributed by atoms with Crippen LogP contribution in [-0.2, 0) is 14.3 Å². The van der Waals surface area contributed by atoms with Gasteiger partial charge in [-0.25, -0.2) is 4.79 Å². The largest absolute Gasteiger partial charge is 0.479 e. The predicted octanol–water partition coefficient (Wildman–Crippen LogP) is 1.85. The Bertz CT molecular complexity index is 512. The van der Waals surface area contributed by atoms with Gasteiger partial charge in [0.15, 0.2) is 6.10 Å². The van der Waals surface area contributed by atoms with Crippen molar-refractivity contribution in [3.8, 4) is 0 Å². The van der Waals surface area contributed by atoms with Gasteiger partial charge >= 0.3 is 5.97 Å². The minimum Gasteiger partial charge on any atom is -0.479 e. The molecule has 2 N–H and O–H groups in total. The summed E-state index contributed by atoms with van der Waals surface area (Å²) in [5.74, 6) is -1.03. The van der Waals surface area contributed by atoms with Crippen molar-refractivity contribution in [1.29, 1.82) is 0 Å². The Hall–Kier alpha value is -1.88. The van der Waals surface area contributed by atoms with Crippen molar-refractivity contribution in [3.05, 3.63) is 35.4 Å². The molecule has 1 heterocycles. The van der Waals surface area contributed by atoms with E-state index in [1.807, 2.05) is 26.0 Å². The van der Waals surface area contributed by atoms with Crippen molar-refractivity contribution in [2.45, 2.75) is 44.8 Å². The van der Waals surface area contributed by atoms with Crippen molar-refractivity contribution >= 4 is 11.9 Å². The van der Waals surface area contributed by atoms with Crippen LogP contribution in [0.3, 0.4) is 0 Å². The smallest absolute Gasteiger partial charge is 0.332 e. The van der Waals surface area contributed by atoms with Gasteiger partial charge in [0.25, 0.3) is 0 Å². The highest BCUT2D eigenvalue weighted by Crippen LogP contribution is 2.20. The van der Waals surface area contributed by atoms with Gasteiger partial charge in [-0.3, -0.25) is 4.79 Å². The molecule has 1 aromatic rings. The quantitative estimate of drug-likeness (QED) is 0.868. The minimum atomic E-state index is -1.00. The first-order valence-corrected chi connectivity index (χ1v) is 7.20. The highest BCUT2D eigenvalue weighted by Gasteiger charge is 2.34. The molecule has 1 unspecified atom stereocenters. The zero-order valence-corrected chi connectivity index (χ0v) is 12.3. The molecule has 1 fully saturated rings. The van der Waals surface area contributed by atoms with Crippen molar-refractivity contribution in [3.63, 3.8) is 0 Å². The third-order valence-electron chi connectivity index (χ3n) is 3.82. The van der Waals surface area contributed by atoms with Crippen LogP contribution in [0.2, 0.25) is 0 Å². The molecule has 114 valence electrons. The molecule has 21 heavy (non-hydrogen) atoms. The van der Waals surface area contributed by atoms with E-state index in [-0.39, 0.29) is 11.8 Å². The maximum absolute atomic E-state index is 12.0. The van der Waals surface area contributed by atoms with Gasteiger partial charge in [-0.05, 0) is 31.2 Å². The van der Waals surface area contributed by atoms with Gasteiger partial charge in [0.05, 0.1) is 0 Å². The molecule has 1 aromatic carbocycles. The van der Waals surface area contributed by atoms with E-state index >= 15 is 0 Å². The first-order chi connectivity index (χ1) is 9.97. The number of amides is 1. The molecule has 1 saturated heterocycles. The van der Waals surface area contributed by atoms with Crippen LogP contribution in [0.4, 0.5) is 0 Å². The van der Waals surface area contributed by atoms with Crippen LogP contribution in [0.5, 0.6) is 0 Å². The third-order valence-corrected chi connectivity index (χ3v) is 3.82. The summed E-state index contributed by atoms with van der Waals surface area (Å²) in [7, 11) is 0. The summed E-state index contributed by atoms with van der Waals surface area (Å²) in [6.07, 6.45) is -0.644. The standard InChI is InChI=1S/C16H21NO4/c1-10-3-5-12(6-4-10)11(2)9-17-15(18)13-7-8-14(21-13)16(19)20/h3-6,11,13-14H,7-9H2,1-2H3,(H,17,18)(H,19,20)/t11?,13-,14+/m0/s1. The average Bonchev–Trinajstić information content (AvgIpc) is 2.95. The summed E-state index contributed by atoms with van der Waals surface area (Å²) in [6.45, 7) is 4.59. The van der Waals surface area contributed by atoms with Crippen molar-refractivity contribution in [2.75, 3.05) is 6.54 Å². The molecular weight excluding hydrogens is 270 g/mol. The van der Waals surface area contributed by atoms with E-state index in [1.54, 1.807) is 0 Å². The van der Waals surface area contributed by atoms with Crippen LogP contribution >= 0.6 is 0 Å². The summed E-state index contributed by atoms with van der Waals surface area (Å²) in [5.41, 5.74) is 2.37. The van der Waals surface area contributed by atoms with Crippen molar-refractivity contribution in [1.82, 2.24) is 5.32 Å². The molecule has 0 bridgehead atoms. The zero-order valence-electron chi connectivity index (χ0n) is 12.3. The summed E-state index contributed by atoms with van der Waals surface area (Å²) in [6, 6.07) is 8.20. The number of aryl methyl sites for hydroxylation is 1. The van der Waals surface area contributed by atoms with Crippen molar-refractivity contribution < 1.29 is 19.4 Å². The van der Waals surface area contributed by atoms with Crippen molar-refractivity contribution in [2.24, 2.45) is 0 Å². The Kier molecular flexibility index (Phi) is 4.96. The fraction of sp³-hybridized carbons (Fsp3) is 0.500. The number of hydrogen-bond acceptors (Lipinski definition) is 3. The van der Waals surface area contributed by atoms with Gasteiger partial charge in [0.1, 0.15) is 6.10 Å². The normalized spacial score (nSPS) is 22.8. The second kappa shape index (κ2) is 6.72. The number of carbonyl (C=O) groups excluding carboxylic acids is 1. The Morgan fingerprint density at radius 1 is 1.29 bits per heavy atom. The fourth-order valence-corrected chi connectivity index (χ4v) is 2.39. The maximum Gasteiger partial charge on any atom is 0.332 e. The van der Waals surface area contributed by atoms with Crippen LogP contribution in [0, 0.1) is 6.92 Å². The Labute approximate surface area is 124 Å².